The van der Waals surface area contributed by atoms with Gasteiger partial charge in [0.05, 0.1) is 4.99 Å². The molecule has 0 bridgehead atoms. The van der Waals surface area contributed by atoms with Gasteiger partial charge in [0, 0.05) is 25.2 Å². The number of carbonyl (C=O) groups excluding carboxylic acids is 1. The van der Waals surface area contributed by atoms with Crippen LogP contribution < -0.4 is 5.73 Å². The molecule has 3 N–H and O–H groups in total. The summed E-state index contributed by atoms with van der Waals surface area (Å²) >= 11 is 4.97. The van der Waals surface area contributed by atoms with E-state index >= 15 is 0 Å². The number of amides is 1. The SMILES string of the molecule is NC(=S)C1CCCN(C(=O)c2ccn[nH]2)C1. The summed E-state index contributed by atoms with van der Waals surface area (Å²) in [5.41, 5.74) is 6.14. The molecule has 1 aromatic rings. The fraction of sp³-hybridized carbons (Fsp3) is 0.500. The van der Waals surface area contributed by atoms with E-state index in [9.17, 15) is 4.79 Å². The molecular weight excluding hydrogens is 224 g/mol. The van der Waals surface area contributed by atoms with Crippen LogP contribution in [0.2, 0.25) is 0 Å². The van der Waals surface area contributed by atoms with Gasteiger partial charge in [-0.2, -0.15) is 5.10 Å². The lowest BCUT2D eigenvalue weighted by molar-refractivity contribution is 0.0697. The molecule has 0 spiro atoms. The molecular formula is C10H14N4OS. The number of likely N-dealkylation sites (tertiary alicyclic amines) is 1. The number of rotatable bonds is 2. The lowest BCUT2D eigenvalue weighted by Crippen LogP contribution is -2.43. The first-order valence-corrected chi connectivity index (χ1v) is 5.67. The topological polar surface area (TPSA) is 75.0 Å². The Morgan fingerprint density at radius 2 is 2.50 bits per heavy atom. The normalized spacial score (nSPS) is 20.8. The van der Waals surface area contributed by atoms with Crippen LogP contribution in [0.5, 0.6) is 0 Å². The van der Waals surface area contributed by atoms with Crippen molar-refractivity contribution in [3.05, 3.63) is 18.0 Å². The van der Waals surface area contributed by atoms with Crippen molar-refractivity contribution in [2.24, 2.45) is 11.7 Å². The summed E-state index contributed by atoms with van der Waals surface area (Å²) in [4.78, 5) is 14.3. The molecule has 2 heterocycles. The highest BCUT2D eigenvalue weighted by atomic mass is 32.1. The highest BCUT2D eigenvalue weighted by molar-refractivity contribution is 7.80. The number of aromatic amines is 1. The van der Waals surface area contributed by atoms with Gasteiger partial charge in [-0.15, -0.1) is 0 Å². The van der Waals surface area contributed by atoms with E-state index in [4.69, 9.17) is 18.0 Å². The van der Waals surface area contributed by atoms with Crippen molar-refractivity contribution in [1.29, 1.82) is 0 Å². The third-order valence-electron chi connectivity index (χ3n) is 2.84. The zero-order chi connectivity index (χ0) is 11.5. The van der Waals surface area contributed by atoms with E-state index < -0.39 is 0 Å². The molecule has 6 heteroatoms. The first-order chi connectivity index (χ1) is 7.68. The summed E-state index contributed by atoms with van der Waals surface area (Å²) in [5.74, 6) is 0.120. The van der Waals surface area contributed by atoms with Gasteiger partial charge in [0.25, 0.3) is 5.91 Å². The number of nitrogens with two attached hydrogens (primary N) is 1. The molecule has 1 fully saturated rings. The smallest absolute Gasteiger partial charge is 0.271 e. The molecule has 1 saturated heterocycles. The standard InChI is InChI=1S/C10H14N4OS/c11-9(16)7-2-1-5-14(6-7)10(15)8-3-4-12-13-8/h3-4,7H,1-2,5-6H2,(H2,11,16)(H,12,13). The molecule has 1 aliphatic heterocycles. The van der Waals surface area contributed by atoms with Crippen LogP contribution in [-0.4, -0.2) is 39.1 Å². The summed E-state index contributed by atoms with van der Waals surface area (Å²) in [5, 5.41) is 6.44. The second-order valence-corrected chi connectivity index (χ2v) is 4.43. The van der Waals surface area contributed by atoms with Crippen LogP contribution in [0.4, 0.5) is 0 Å². The van der Waals surface area contributed by atoms with Gasteiger partial charge in [0.1, 0.15) is 5.69 Å². The Morgan fingerprint density at radius 1 is 1.69 bits per heavy atom. The van der Waals surface area contributed by atoms with Gasteiger partial charge in [-0.1, -0.05) is 12.2 Å². The van der Waals surface area contributed by atoms with E-state index in [-0.39, 0.29) is 11.8 Å². The summed E-state index contributed by atoms with van der Waals surface area (Å²) in [6.45, 7) is 1.38. The zero-order valence-electron chi connectivity index (χ0n) is 8.85. The fourth-order valence-electron chi connectivity index (χ4n) is 1.94. The summed E-state index contributed by atoms with van der Waals surface area (Å²) in [6.07, 6.45) is 3.49. The molecule has 86 valence electrons. The van der Waals surface area contributed by atoms with Gasteiger partial charge in [0.2, 0.25) is 0 Å². The zero-order valence-corrected chi connectivity index (χ0v) is 9.67. The van der Waals surface area contributed by atoms with Gasteiger partial charge < -0.3 is 10.6 Å². The predicted molar refractivity (Wildman–Crippen MR) is 64.0 cm³/mol. The maximum atomic E-state index is 12.0. The Hall–Kier alpha value is -1.43. The third-order valence-corrected chi connectivity index (χ3v) is 3.18. The third kappa shape index (κ3) is 2.21. The van der Waals surface area contributed by atoms with Gasteiger partial charge >= 0.3 is 0 Å². The number of thiocarbonyl (C=S) groups is 1. The van der Waals surface area contributed by atoms with Crippen LogP contribution in [0.15, 0.2) is 12.3 Å². The molecule has 0 radical (unpaired) electrons. The monoisotopic (exact) mass is 238 g/mol. The molecule has 16 heavy (non-hydrogen) atoms. The molecule has 0 aliphatic carbocycles. The quantitative estimate of drug-likeness (QED) is 0.738. The lowest BCUT2D eigenvalue weighted by atomic mass is 9.98. The Balaban J connectivity index is 2.05. The van der Waals surface area contributed by atoms with Crippen molar-refractivity contribution < 1.29 is 4.79 Å². The Bertz CT molecular complexity index is 390. The average molecular weight is 238 g/mol. The molecule has 1 aliphatic rings. The van der Waals surface area contributed by atoms with E-state index in [1.165, 1.54) is 0 Å². The van der Waals surface area contributed by atoms with Gasteiger partial charge in [-0.3, -0.25) is 9.89 Å². The van der Waals surface area contributed by atoms with Crippen molar-refractivity contribution >= 4 is 23.1 Å². The molecule has 1 atom stereocenters. The highest BCUT2D eigenvalue weighted by Crippen LogP contribution is 2.18. The van der Waals surface area contributed by atoms with E-state index in [1.807, 2.05) is 0 Å². The Labute approximate surface area is 99.0 Å². The number of nitrogens with zero attached hydrogens (tertiary/aromatic N) is 2. The molecule has 1 unspecified atom stereocenters. The number of hydrogen-bond donors (Lipinski definition) is 2. The number of hydrogen-bond acceptors (Lipinski definition) is 3. The average Bonchev–Trinajstić information content (AvgIpc) is 2.81. The maximum Gasteiger partial charge on any atom is 0.271 e. The molecule has 1 amide bonds. The molecule has 5 nitrogen and oxygen atoms in total. The van der Waals surface area contributed by atoms with E-state index in [2.05, 4.69) is 10.2 Å². The summed E-state index contributed by atoms with van der Waals surface area (Å²) < 4.78 is 0. The Kier molecular flexibility index (Phi) is 3.19. The van der Waals surface area contributed by atoms with Crippen LogP contribution in [0.1, 0.15) is 23.3 Å². The van der Waals surface area contributed by atoms with Crippen LogP contribution in [-0.2, 0) is 0 Å². The number of nitrogens with one attached hydrogen (secondary N) is 1. The number of H-pyrrole nitrogens is 1. The predicted octanol–water partition coefficient (Wildman–Crippen LogP) is 0.548. The van der Waals surface area contributed by atoms with Crippen LogP contribution in [0.3, 0.4) is 0 Å². The summed E-state index contributed by atoms with van der Waals surface area (Å²) in [6, 6.07) is 1.67. The van der Waals surface area contributed by atoms with E-state index in [1.54, 1.807) is 17.2 Å². The van der Waals surface area contributed by atoms with E-state index in [0.717, 1.165) is 19.4 Å². The van der Waals surface area contributed by atoms with Crippen LogP contribution >= 0.6 is 12.2 Å². The fourth-order valence-corrected chi connectivity index (χ4v) is 2.13. The van der Waals surface area contributed by atoms with Gasteiger partial charge in [-0.25, -0.2) is 0 Å². The van der Waals surface area contributed by atoms with Crippen molar-refractivity contribution in [2.45, 2.75) is 12.8 Å². The minimum Gasteiger partial charge on any atom is -0.393 e. The number of aromatic nitrogens is 2. The molecule has 0 saturated carbocycles. The van der Waals surface area contributed by atoms with E-state index in [0.29, 0.717) is 17.2 Å². The first kappa shape index (κ1) is 11.1. The minimum absolute atomic E-state index is 0.0292. The molecule has 1 aromatic heterocycles. The second kappa shape index (κ2) is 4.61. The summed E-state index contributed by atoms with van der Waals surface area (Å²) in [7, 11) is 0. The van der Waals surface area contributed by atoms with Crippen molar-refractivity contribution in [3.63, 3.8) is 0 Å². The number of piperidine rings is 1. The van der Waals surface area contributed by atoms with Crippen LogP contribution in [0, 0.1) is 5.92 Å². The first-order valence-electron chi connectivity index (χ1n) is 5.26. The highest BCUT2D eigenvalue weighted by Gasteiger charge is 2.26. The Morgan fingerprint density at radius 3 is 3.12 bits per heavy atom. The van der Waals surface area contributed by atoms with Crippen LogP contribution in [0.25, 0.3) is 0 Å². The lowest BCUT2D eigenvalue weighted by Gasteiger charge is -2.31. The second-order valence-electron chi connectivity index (χ2n) is 3.96. The van der Waals surface area contributed by atoms with Gasteiger partial charge in [-0.05, 0) is 18.9 Å². The molecule has 2 rings (SSSR count). The minimum atomic E-state index is -0.0292. The largest absolute Gasteiger partial charge is 0.393 e. The maximum absolute atomic E-state index is 12.0. The van der Waals surface area contributed by atoms with Crippen molar-refractivity contribution in [2.75, 3.05) is 13.1 Å². The molecule has 0 aromatic carbocycles. The number of carbonyl (C=O) groups is 1. The van der Waals surface area contributed by atoms with Gasteiger partial charge in [0.15, 0.2) is 0 Å². The van der Waals surface area contributed by atoms with Crippen molar-refractivity contribution in [3.8, 4) is 0 Å². The van der Waals surface area contributed by atoms with Crippen molar-refractivity contribution in [1.82, 2.24) is 15.1 Å².